The van der Waals surface area contributed by atoms with Crippen molar-refractivity contribution in [3.8, 4) is 0 Å². The van der Waals surface area contributed by atoms with Gasteiger partial charge in [-0.15, -0.1) is 0 Å². The summed E-state index contributed by atoms with van der Waals surface area (Å²) in [5.41, 5.74) is 10.9. The number of rotatable bonds is 5. The third-order valence-corrected chi connectivity index (χ3v) is 3.44. The van der Waals surface area contributed by atoms with Gasteiger partial charge in [-0.2, -0.15) is 0 Å². The van der Waals surface area contributed by atoms with E-state index in [4.69, 9.17) is 11.5 Å². The lowest BCUT2D eigenvalue weighted by Gasteiger charge is -2.38. The van der Waals surface area contributed by atoms with Crippen LogP contribution in [0.25, 0.3) is 0 Å². The van der Waals surface area contributed by atoms with Crippen molar-refractivity contribution in [1.82, 2.24) is 4.90 Å². The molecule has 15 heavy (non-hydrogen) atoms. The van der Waals surface area contributed by atoms with E-state index in [1.165, 1.54) is 19.3 Å². The van der Waals surface area contributed by atoms with Gasteiger partial charge >= 0.3 is 0 Å². The summed E-state index contributed by atoms with van der Waals surface area (Å²) < 4.78 is 0. The highest BCUT2D eigenvalue weighted by Gasteiger charge is 2.26. The maximum absolute atomic E-state index is 10.7. The fraction of sp³-hybridized carbons (Fsp3) is 0.909. The number of nitrogens with zero attached hydrogens (tertiary/aromatic N) is 1. The Morgan fingerprint density at radius 1 is 1.53 bits per heavy atom. The molecule has 1 rings (SSSR count). The zero-order valence-corrected chi connectivity index (χ0v) is 9.61. The number of carbonyl (C=O) groups excluding carboxylic acids is 1. The molecule has 1 heterocycles. The Kier molecular flexibility index (Phi) is 5.05. The summed E-state index contributed by atoms with van der Waals surface area (Å²) in [5, 5.41) is 0. The fourth-order valence-electron chi connectivity index (χ4n) is 2.35. The lowest BCUT2D eigenvalue weighted by Crippen LogP contribution is -2.47. The van der Waals surface area contributed by atoms with Gasteiger partial charge in [-0.3, -0.25) is 9.69 Å². The van der Waals surface area contributed by atoms with Crippen molar-refractivity contribution in [1.29, 1.82) is 0 Å². The van der Waals surface area contributed by atoms with Crippen molar-refractivity contribution in [3.63, 3.8) is 0 Å². The van der Waals surface area contributed by atoms with Gasteiger partial charge in [-0.1, -0.05) is 13.3 Å². The summed E-state index contributed by atoms with van der Waals surface area (Å²) in [7, 11) is 0. The van der Waals surface area contributed by atoms with E-state index in [9.17, 15) is 4.79 Å². The minimum Gasteiger partial charge on any atom is -0.370 e. The van der Waals surface area contributed by atoms with Crippen molar-refractivity contribution in [2.24, 2.45) is 17.4 Å². The van der Waals surface area contributed by atoms with Crippen LogP contribution >= 0.6 is 0 Å². The summed E-state index contributed by atoms with van der Waals surface area (Å²) in [6, 6.07) is 0.447. The predicted molar refractivity (Wildman–Crippen MR) is 61.2 cm³/mol. The van der Waals surface area contributed by atoms with Gasteiger partial charge in [0.05, 0.1) is 0 Å². The number of hydrogen-bond acceptors (Lipinski definition) is 3. The first-order valence-electron chi connectivity index (χ1n) is 5.89. The first-order chi connectivity index (χ1) is 7.17. The van der Waals surface area contributed by atoms with Gasteiger partial charge in [-0.05, 0) is 25.3 Å². The van der Waals surface area contributed by atoms with Crippen LogP contribution in [0.2, 0.25) is 0 Å². The maximum Gasteiger partial charge on any atom is 0.218 e. The molecule has 0 bridgehead atoms. The minimum absolute atomic E-state index is 0.219. The molecule has 1 aliphatic heterocycles. The van der Waals surface area contributed by atoms with E-state index in [1.807, 2.05) is 0 Å². The van der Waals surface area contributed by atoms with E-state index in [2.05, 4.69) is 11.8 Å². The van der Waals surface area contributed by atoms with Crippen molar-refractivity contribution < 1.29 is 4.79 Å². The van der Waals surface area contributed by atoms with Gasteiger partial charge in [-0.25, -0.2) is 0 Å². The summed E-state index contributed by atoms with van der Waals surface area (Å²) in [6.45, 7) is 4.76. The number of hydrogen-bond donors (Lipinski definition) is 2. The quantitative estimate of drug-likeness (QED) is 0.690. The smallest absolute Gasteiger partial charge is 0.218 e. The molecule has 1 saturated heterocycles. The van der Waals surface area contributed by atoms with E-state index < -0.39 is 0 Å². The second-order valence-corrected chi connectivity index (χ2v) is 4.44. The van der Waals surface area contributed by atoms with Crippen LogP contribution in [-0.2, 0) is 4.79 Å². The molecule has 1 aliphatic rings. The third kappa shape index (κ3) is 3.80. The Bertz CT molecular complexity index is 208. The highest BCUT2D eigenvalue weighted by atomic mass is 16.1. The molecule has 1 amide bonds. The van der Waals surface area contributed by atoms with Crippen LogP contribution in [0.3, 0.4) is 0 Å². The highest BCUT2D eigenvalue weighted by Crippen LogP contribution is 2.24. The predicted octanol–water partition coefficient (Wildman–Crippen LogP) is 0.311. The SMILES string of the molecule is CCC1CCN(CCC(N)=O)C(CN)C1. The monoisotopic (exact) mass is 213 g/mol. The van der Waals surface area contributed by atoms with E-state index in [0.717, 1.165) is 19.0 Å². The lowest BCUT2D eigenvalue weighted by molar-refractivity contribution is -0.118. The Balaban J connectivity index is 2.40. The number of primary amides is 1. The van der Waals surface area contributed by atoms with E-state index in [1.54, 1.807) is 0 Å². The number of nitrogens with two attached hydrogens (primary N) is 2. The standard InChI is InChI=1S/C11H23N3O/c1-2-9-3-5-14(6-4-11(13)15)10(7-9)8-12/h9-10H,2-8,12H2,1H3,(H2,13,15). The topological polar surface area (TPSA) is 72.3 Å². The van der Waals surface area contributed by atoms with Crippen LogP contribution in [0.1, 0.15) is 32.6 Å². The Morgan fingerprint density at radius 2 is 2.27 bits per heavy atom. The van der Waals surface area contributed by atoms with Gasteiger partial charge in [0.25, 0.3) is 0 Å². The molecule has 0 aliphatic carbocycles. The Hall–Kier alpha value is -0.610. The van der Waals surface area contributed by atoms with Crippen molar-refractivity contribution >= 4 is 5.91 Å². The molecule has 88 valence electrons. The molecule has 0 aromatic carbocycles. The first-order valence-corrected chi connectivity index (χ1v) is 5.89. The molecule has 0 aromatic rings. The maximum atomic E-state index is 10.7. The van der Waals surface area contributed by atoms with Crippen LogP contribution in [0.15, 0.2) is 0 Å². The zero-order chi connectivity index (χ0) is 11.3. The second-order valence-electron chi connectivity index (χ2n) is 4.44. The van der Waals surface area contributed by atoms with Gasteiger partial charge in [0.2, 0.25) is 5.91 Å². The summed E-state index contributed by atoms with van der Waals surface area (Å²) >= 11 is 0. The number of amides is 1. The van der Waals surface area contributed by atoms with E-state index in [0.29, 0.717) is 19.0 Å². The molecular formula is C11H23N3O. The molecule has 4 heteroatoms. The van der Waals surface area contributed by atoms with Gasteiger partial charge in [0.1, 0.15) is 0 Å². The Morgan fingerprint density at radius 3 is 2.80 bits per heavy atom. The molecule has 0 spiro atoms. The van der Waals surface area contributed by atoms with Crippen molar-refractivity contribution in [3.05, 3.63) is 0 Å². The normalized spacial score (nSPS) is 27.9. The average Bonchev–Trinajstić information content (AvgIpc) is 2.25. The van der Waals surface area contributed by atoms with Crippen LogP contribution in [0.4, 0.5) is 0 Å². The average molecular weight is 213 g/mol. The number of likely N-dealkylation sites (tertiary alicyclic amines) is 1. The van der Waals surface area contributed by atoms with Crippen molar-refractivity contribution in [2.75, 3.05) is 19.6 Å². The van der Waals surface area contributed by atoms with Crippen LogP contribution < -0.4 is 11.5 Å². The summed E-state index contributed by atoms with van der Waals surface area (Å²) in [5.74, 6) is 0.590. The van der Waals surface area contributed by atoms with Crippen molar-refractivity contribution in [2.45, 2.75) is 38.6 Å². The summed E-state index contributed by atoms with van der Waals surface area (Å²) in [4.78, 5) is 13.0. The van der Waals surface area contributed by atoms with Gasteiger partial charge in [0.15, 0.2) is 0 Å². The lowest BCUT2D eigenvalue weighted by atomic mass is 9.89. The molecule has 0 saturated carbocycles. The third-order valence-electron chi connectivity index (χ3n) is 3.44. The zero-order valence-electron chi connectivity index (χ0n) is 9.61. The molecule has 1 fully saturated rings. The minimum atomic E-state index is -0.219. The highest BCUT2D eigenvalue weighted by molar-refractivity contribution is 5.73. The molecule has 0 aromatic heterocycles. The van der Waals surface area contributed by atoms with Crippen LogP contribution in [0, 0.1) is 5.92 Å². The van der Waals surface area contributed by atoms with E-state index in [-0.39, 0.29) is 5.91 Å². The number of piperidine rings is 1. The Labute approximate surface area is 92.0 Å². The van der Waals surface area contributed by atoms with Crippen LogP contribution in [0.5, 0.6) is 0 Å². The molecule has 0 radical (unpaired) electrons. The van der Waals surface area contributed by atoms with Crippen LogP contribution in [-0.4, -0.2) is 36.5 Å². The molecule has 2 atom stereocenters. The molecule has 4 N–H and O–H groups in total. The summed E-state index contributed by atoms with van der Waals surface area (Å²) in [6.07, 6.45) is 4.09. The largest absolute Gasteiger partial charge is 0.370 e. The molecule has 2 unspecified atom stereocenters. The second kappa shape index (κ2) is 6.08. The fourth-order valence-corrected chi connectivity index (χ4v) is 2.35. The first kappa shape index (κ1) is 12.5. The molecule has 4 nitrogen and oxygen atoms in total. The van der Waals surface area contributed by atoms with E-state index >= 15 is 0 Å². The molecular weight excluding hydrogens is 190 g/mol. The van der Waals surface area contributed by atoms with Gasteiger partial charge in [0, 0.05) is 25.6 Å². The number of carbonyl (C=O) groups is 1. The van der Waals surface area contributed by atoms with Gasteiger partial charge < -0.3 is 11.5 Å².